The lowest BCUT2D eigenvalue weighted by Crippen LogP contribution is -2.22. The molecule has 1 atom stereocenters. The summed E-state index contributed by atoms with van der Waals surface area (Å²) in [4.78, 5) is 18.4. The molecule has 0 bridgehead atoms. The summed E-state index contributed by atoms with van der Waals surface area (Å²) in [6, 6.07) is 9.57. The fraction of sp³-hybridized carbons (Fsp3) is 0.368. The second-order valence-electron chi connectivity index (χ2n) is 6.49. The summed E-state index contributed by atoms with van der Waals surface area (Å²) in [6.45, 7) is 3.18. The predicted molar refractivity (Wildman–Crippen MR) is 118 cm³/mol. The summed E-state index contributed by atoms with van der Waals surface area (Å²) in [5.74, 6) is 0.619. The highest BCUT2D eigenvalue weighted by Crippen LogP contribution is 2.32. The Labute approximate surface area is 181 Å². The minimum Gasteiger partial charge on any atom is -0.376 e. The van der Waals surface area contributed by atoms with Crippen LogP contribution in [0.2, 0.25) is 0 Å². The number of aromatic nitrogens is 3. The summed E-state index contributed by atoms with van der Waals surface area (Å²) in [5, 5.41) is 15.2. The Morgan fingerprint density at radius 3 is 2.97 bits per heavy atom. The molecule has 1 aliphatic rings. The number of ether oxygens (including phenoxy) is 1. The Bertz CT molecular complexity index is 940. The smallest absolute Gasteiger partial charge is 0.230 e. The molecule has 0 aliphatic carbocycles. The first-order valence-corrected chi connectivity index (χ1v) is 12.0. The van der Waals surface area contributed by atoms with E-state index in [4.69, 9.17) is 4.74 Å². The lowest BCUT2D eigenvalue weighted by molar-refractivity contribution is -0.115. The van der Waals surface area contributed by atoms with Gasteiger partial charge < -0.3 is 10.1 Å². The summed E-state index contributed by atoms with van der Waals surface area (Å²) < 4.78 is 6.50. The fourth-order valence-corrected chi connectivity index (χ4v) is 5.59. The van der Waals surface area contributed by atoms with Crippen LogP contribution >= 0.6 is 34.4 Å². The van der Waals surface area contributed by atoms with Gasteiger partial charge in [0, 0.05) is 31.2 Å². The van der Waals surface area contributed by atoms with Crippen LogP contribution in [0.25, 0.3) is 0 Å². The number of thiazole rings is 1. The van der Waals surface area contributed by atoms with Gasteiger partial charge in [-0.25, -0.2) is 4.98 Å². The minimum absolute atomic E-state index is 0.0594. The number of hydrogen-bond acceptors (Lipinski definition) is 9. The number of rotatable bonds is 8. The first-order valence-electron chi connectivity index (χ1n) is 9.31. The van der Waals surface area contributed by atoms with E-state index in [1.54, 1.807) is 23.6 Å². The van der Waals surface area contributed by atoms with Gasteiger partial charge in [0.2, 0.25) is 11.0 Å². The molecular formula is C19H21N5O2S3. The molecule has 1 unspecified atom stereocenters. The van der Waals surface area contributed by atoms with Gasteiger partial charge >= 0.3 is 0 Å². The van der Waals surface area contributed by atoms with Gasteiger partial charge in [0.25, 0.3) is 0 Å². The average Bonchev–Trinajstić information content (AvgIpc) is 3.48. The van der Waals surface area contributed by atoms with Gasteiger partial charge in [0.1, 0.15) is 0 Å². The van der Waals surface area contributed by atoms with Crippen LogP contribution in [0.4, 0.5) is 16.0 Å². The number of benzene rings is 1. The monoisotopic (exact) mass is 447 g/mol. The number of anilines is 3. The quantitative estimate of drug-likeness (QED) is 0.507. The van der Waals surface area contributed by atoms with Crippen molar-refractivity contribution in [2.75, 3.05) is 23.4 Å². The third-order valence-corrected chi connectivity index (χ3v) is 7.24. The van der Waals surface area contributed by atoms with Gasteiger partial charge in [0.15, 0.2) is 9.47 Å². The van der Waals surface area contributed by atoms with Crippen molar-refractivity contribution in [3.63, 3.8) is 0 Å². The molecule has 0 saturated carbocycles. The third-order valence-electron chi connectivity index (χ3n) is 4.32. The molecule has 0 radical (unpaired) electrons. The van der Waals surface area contributed by atoms with Crippen LogP contribution in [-0.4, -0.2) is 40.3 Å². The number of thioether (sulfide) groups is 1. The molecule has 1 N–H and O–H groups in total. The predicted octanol–water partition coefficient (Wildman–Crippen LogP) is 4.56. The van der Waals surface area contributed by atoms with Crippen LogP contribution < -0.4 is 10.2 Å². The molecule has 2 aromatic heterocycles. The van der Waals surface area contributed by atoms with E-state index < -0.39 is 0 Å². The molecule has 1 aromatic carbocycles. The van der Waals surface area contributed by atoms with E-state index in [0.717, 1.165) is 46.8 Å². The zero-order chi connectivity index (χ0) is 20.1. The van der Waals surface area contributed by atoms with Gasteiger partial charge in [-0.15, -0.1) is 21.5 Å². The van der Waals surface area contributed by atoms with Crippen molar-refractivity contribution in [3.8, 4) is 0 Å². The second-order valence-corrected chi connectivity index (χ2v) is 9.53. The van der Waals surface area contributed by atoms with E-state index in [9.17, 15) is 4.79 Å². The van der Waals surface area contributed by atoms with Crippen molar-refractivity contribution >= 4 is 56.3 Å². The minimum atomic E-state index is -0.0594. The van der Waals surface area contributed by atoms with Crippen LogP contribution in [0.1, 0.15) is 25.5 Å². The molecule has 0 spiro atoms. The molecule has 1 saturated heterocycles. The Kier molecular flexibility index (Phi) is 6.75. The standard InChI is InChI=1S/C19H21N5O2S3/c1-13(25)24(15-6-3-2-4-7-15)18-21-14(11-27-18)12-28-19-23-22-17(29-19)20-10-16-8-5-9-26-16/h2-4,6-7,11,16H,5,8-10,12H2,1H3,(H,20,22). The molecule has 1 aliphatic heterocycles. The van der Waals surface area contributed by atoms with Crippen molar-refractivity contribution in [2.45, 2.75) is 36.0 Å². The molecule has 4 rings (SSSR count). The molecule has 1 amide bonds. The SMILES string of the molecule is CC(=O)N(c1ccccc1)c1nc(CSc2nnc(NCC3CCCO3)s2)cs1. The molecule has 29 heavy (non-hydrogen) atoms. The zero-order valence-corrected chi connectivity index (χ0v) is 18.4. The van der Waals surface area contributed by atoms with Crippen LogP contribution in [-0.2, 0) is 15.3 Å². The maximum atomic E-state index is 12.1. The Hall–Kier alpha value is -2.01. The van der Waals surface area contributed by atoms with Crippen molar-refractivity contribution in [1.82, 2.24) is 15.2 Å². The molecule has 7 nitrogen and oxygen atoms in total. The third kappa shape index (κ3) is 5.33. The number of para-hydroxylation sites is 1. The van der Waals surface area contributed by atoms with E-state index in [1.807, 2.05) is 35.7 Å². The number of nitrogens with zero attached hydrogens (tertiary/aromatic N) is 4. The van der Waals surface area contributed by atoms with E-state index in [1.165, 1.54) is 22.7 Å². The number of carbonyl (C=O) groups is 1. The largest absolute Gasteiger partial charge is 0.376 e. The number of carbonyl (C=O) groups excluding carboxylic acids is 1. The maximum absolute atomic E-state index is 12.1. The van der Waals surface area contributed by atoms with E-state index >= 15 is 0 Å². The highest BCUT2D eigenvalue weighted by molar-refractivity contribution is 8.00. The topological polar surface area (TPSA) is 80.2 Å². The molecule has 1 fully saturated rings. The van der Waals surface area contributed by atoms with E-state index in [2.05, 4.69) is 20.5 Å². The van der Waals surface area contributed by atoms with Crippen molar-refractivity contribution in [3.05, 3.63) is 41.4 Å². The molecular weight excluding hydrogens is 426 g/mol. The summed E-state index contributed by atoms with van der Waals surface area (Å²) in [6.07, 6.45) is 2.50. The molecule has 3 aromatic rings. The van der Waals surface area contributed by atoms with Crippen LogP contribution in [0, 0.1) is 0 Å². The highest BCUT2D eigenvalue weighted by Gasteiger charge is 2.18. The van der Waals surface area contributed by atoms with Crippen molar-refractivity contribution < 1.29 is 9.53 Å². The van der Waals surface area contributed by atoms with E-state index in [-0.39, 0.29) is 12.0 Å². The Morgan fingerprint density at radius 2 is 2.21 bits per heavy atom. The van der Waals surface area contributed by atoms with Crippen LogP contribution in [0.15, 0.2) is 40.1 Å². The first kappa shape index (κ1) is 20.3. The van der Waals surface area contributed by atoms with Gasteiger partial charge in [-0.3, -0.25) is 9.69 Å². The highest BCUT2D eigenvalue weighted by atomic mass is 32.2. The van der Waals surface area contributed by atoms with E-state index in [0.29, 0.717) is 10.9 Å². The number of nitrogens with one attached hydrogen (secondary N) is 1. The van der Waals surface area contributed by atoms with Crippen molar-refractivity contribution in [1.29, 1.82) is 0 Å². The summed E-state index contributed by atoms with van der Waals surface area (Å²) in [7, 11) is 0. The van der Waals surface area contributed by atoms with Gasteiger partial charge in [-0.05, 0) is 25.0 Å². The number of amides is 1. The first-order chi connectivity index (χ1) is 14.2. The van der Waals surface area contributed by atoms with Crippen molar-refractivity contribution in [2.24, 2.45) is 0 Å². The number of hydrogen-bond donors (Lipinski definition) is 1. The molecule has 152 valence electrons. The van der Waals surface area contributed by atoms with Gasteiger partial charge in [-0.1, -0.05) is 41.3 Å². The van der Waals surface area contributed by atoms with Crippen LogP contribution in [0.3, 0.4) is 0 Å². The summed E-state index contributed by atoms with van der Waals surface area (Å²) in [5.41, 5.74) is 1.74. The van der Waals surface area contributed by atoms with Crippen LogP contribution in [0.5, 0.6) is 0 Å². The fourth-order valence-electron chi connectivity index (χ4n) is 2.95. The second kappa shape index (κ2) is 9.66. The Morgan fingerprint density at radius 1 is 1.34 bits per heavy atom. The normalized spacial score (nSPS) is 16.1. The molecule has 3 heterocycles. The zero-order valence-electron chi connectivity index (χ0n) is 15.9. The Balaban J connectivity index is 1.34. The average molecular weight is 448 g/mol. The lowest BCUT2D eigenvalue weighted by atomic mass is 10.2. The molecule has 10 heteroatoms. The maximum Gasteiger partial charge on any atom is 0.230 e. The lowest BCUT2D eigenvalue weighted by Gasteiger charge is -2.17. The van der Waals surface area contributed by atoms with Gasteiger partial charge in [0.05, 0.1) is 17.5 Å². The van der Waals surface area contributed by atoms with Gasteiger partial charge in [-0.2, -0.15) is 0 Å². The summed E-state index contributed by atoms with van der Waals surface area (Å²) >= 11 is 4.60.